The zero-order valence-electron chi connectivity index (χ0n) is 16.3. The molecule has 4 rings (SSSR count). The fourth-order valence-corrected chi connectivity index (χ4v) is 3.72. The molecule has 7 heteroatoms. The molecule has 2 aromatic rings. The van der Waals surface area contributed by atoms with E-state index in [0.717, 1.165) is 43.5 Å². The molecule has 2 N–H and O–H groups in total. The molecular weight excluding hydrogens is 354 g/mol. The van der Waals surface area contributed by atoms with E-state index in [0.29, 0.717) is 23.7 Å². The van der Waals surface area contributed by atoms with Crippen molar-refractivity contribution in [2.75, 3.05) is 0 Å². The van der Waals surface area contributed by atoms with Gasteiger partial charge in [-0.2, -0.15) is 0 Å². The van der Waals surface area contributed by atoms with Crippen LogP contribution in [0.3, 0.4) is 0 Å². The lowest BCUT2D eigenvalue weighted by Gasteiger charge is -2.12. The first-order valence-corrected chi connectivity index (χ1v) is 10.3. The molecule has 2 fully saturated rings. The van der Waals surface area contributed by atoms with E-state index in [-0.39, 0.29) is 17.9 Å². The maximum atomic E-state index is 12.5. The second-order valence-corrected chi connectivity index (χ2v) is 7.80. The smallest absolute Gasteiger partial charge is 0.273 e. The molecule has 0 saturated heterocycles. The molecule has 0 bridgehead atoms. The van der Waals surface area contributed by atoms with Gasteiger partial charge in [0.1, 0.15) is 0 Å². The molecule has 1 aromatic carbocycles. The Morgan fingerprint density at radius 2 is 1.64 bits per heavy atom. The van der Waals surface area contributed by atoms with Crippen LogP contribution < -0.4 is 10.6 Å². The number of rotatable bonds is 7. The Kier molecular flexibility index (Phi) is 5.41. The van der Waals surface area contributed by atoms with Crippen LogP contribution in [0.1, 0.15) is 78.4 Å². The zero-order chi connectivity index (χ0) is 19.5. The molecule has 2 amide bonds. The molecule has 28 heavy (non-hydrogen) atoms. The lowest BCUT2D eigenvalue weighted by Crippen LogP contribution is -2.32. The highest BCUT2D eigenvalue weighted by atomic mass is 16.2. The average molecular weight is 381 g/mol. The molecule has 2 aliphatic carbocycles. The minimum atomic E-state index is -0.148. The van der Waals surface area contributed by atoms with Gasteiger partial charge in [-0.15, -0.1) is 5.10 Å². The molecule has 2 saturated carbocycles. The maximum Gasteiger partial charge on any atom is 0.273 e. The van der Waals surface area contributed by atoms with Crippen molar-refractivity contribution in [2.24, 2.45) is 0 Å². The maximum absolute atomic E-state index is 12.5. The Hall–Kier alpha value is -2.70. The van der Waals surface area contributed by atoms with Crippen molar-refractivity contribution in [3.63, 3.8) is 0 Å². The van der Waals surface area contributed by atoms with Gasteiger partial charge in [0, 0.05) is 17.6 Å². The summed E-state index contributed by atoms with van der Waals surface area (Å²) in [6, 6.07) is 7.91. The van der Waals surface area contributed by atoms with Crippen molar-refractivity contribution in [1.29, 1.82) is 0 Å². The van der Waals surface area contributed by atoms with Crippen LogP contribution in [-0.2, 0) is 6.42 Å². The summed E-state index contributed by atoms with van der Waals surface area (Å²) in [5, 5.41) is 14.4. The molecule has 0 aliphatic heterocycles. The highest BCUT2D eigenvalue weighted by molar-refractivity contribution is 5.95. The van der Waals surface area contributed by atoms with Gasteiger partial charge in [0.15, 0.2) is 5.69 Å². The second-order valence-electron chi connectivity index (χ2n) is 7.80. The number of carbonyl (C=O) groups is 2. The Bertz CT molecular complexity index is 848. The van der Waals surface area contributed by atoms with Gasteiger partial charge in [-0.1, -0.05) is 31.4 Å². The molecular formula is C21H27N5O2. The lowest BCUT2D eigenvalue weighted by molar-refractivity contribution is 0.0932. The van der Waals surface area contributed by atoms with Gasteiger partial charge in [-0.05, 0) is 56.4 Å². The molecule has 0 unspecified atom stereocenters. The van der Waals surface area contributed by atoms with Crippen molar-refractivity contribution in [3.05, 3.63) is 41.2 Å². The van der Waals surface area contributed by atoms with Crippen LogP contribution >= 0.6 is 0 Å². The molecule has 148 valence electrons. The summed E-state index contributed by atoms with van der Waals surface area (Å²) in [7, 11) is 0. The Morgan fingerprint density at radius 3 is 2.29 bits per heavy atom. The highest BCUT2D eigenvalue weighted by Crippen LogP contribution is 2.21. The SMILES string of the molecule is CCCc1c(C(=O)NC2CC2)nnn1-c1ccc(C(=O)NC2CCCC2)cc1. The van der Waals surface area contributed by atoms with E-state index in [1.807, 2.05) is 12.1 Å². The molecule has 0 radical (unpaired) electrons. The van der Waals surface area contributed by atoms with Crippen LogP contribution in [0.4, 0.5) is 0 Å². The van der Waals surface area contributed by atoms with Crippen molar-refractivity contribution >= 4 is 11.8 Å². The number of carbonyl (C=O) groups excluding carboxylic acids is 2. The summed E-state index contributed by atoms with van der Waals surface area (Å²) in [5.41, 5.74) is 2.65. The summed E-state index contributed by atoms with van der Waals surface area (Å²) in [5.74, 6) is -0.180. The molecule has 2 aliphatic rings. The van der Waals surface area contributed by atoms with Crippen molar-refractivity contribution < 1.29 is 9.59 Å². The number of amides is 2. The third-order valence-corrected chi connectivity index (χ3v) is 5.44. The Labute approximate surface area is 164 Å². The normalized spacial score (nSPS) is 16.9. The van der Waals surface area contributed by atoms with Gasteiger partial charge in [-0.3, -0.25) is 9.59 Å². The predicted molar refractivity (Wildman–Crippen MR) is 106 cm³/mol. The third-order valence-electron chi connectivity index (χ3n) is 5.44. The summed E-state index contributed by atoms with van der Waals surface area (Å²) >= 11 is 0. The summed E-state index contributed by atoms with van der Waals surface area (Å²) in [6.07, 6.45) is 8.17. The van der Waals surface area contributed by atoms with Crippen molar-refractivity contribution in [1.82, 2.24) is 25.6 Å². The van der Waals surface area contributed by atoms with E-state index in [2.05, 4.69) is 27.9 Å². The zero-order valence-corrected chi connectivity index (χ0v) is 16.3. The highest BCUT2D eigenvalue weighted by Gasteiger charge is 2.27. The first-order chi connectivity index (χ1) is 13.7. The number of nitrogens with one attached hydrogen (secondary N) is 2. The van der Waals surface area contributed by atoms with Crippen LogP contribution in [0, 0.1) is 0 Å². The van der Waals surface area contributed by atoms with Crippen LogP contribution in [0.5, 0.6) is 0 Å². The Balaban J connectivity index is 1.52. The minimum absolute atomic E-state index is 0.0321. The molecule has 7 nitrogen and oxygen atoms in total. The van der Waals surface area contributed by atoms with Gasteiger partial charge in [0.25, 0.3) is 11.8 Å². The topological polar surface area (TPSA) is 88.9 Å². The molecule has 0 atom stereocenters. The van der Waals surface area contributed by atoms with Gasteiger partial charge in [-0.25, -0.2) is 4.68 Å². The van der Waals surface area contributed by atoms with E-state index >= 15 is 0 Å². The quantitative estimate of drug-likeness (QED) is 0.772. The van der Waals surface area contributed by atoms with Gasteiger partial charge >= 0.3 is 0 Å². The second kappa shape index (κ2) is 8.12. The van der Waals surface area contributed by atoms with Gasteiger partial charge < -0.3 is 10.6 Å². The summed E-state index contributed by atoms with van der Waals surface area (Å²) in [6.45, 7) is 2.07. The number of aromatic nitrogens is 3. The lowest BCUT2D eigenvalue weighted by atomic mass is 10.1. The molecule has 0 spiro atoms. The van der Waals surface area contributed by atoms with Gasteiger partial charge in [0.05, 0.1) is 11.4 Å². The summed E-state index contributed by atoms with van der Waals surface area (Å²) < 4.78 is 1.71. The van der Waals surface area contributed by atoms with Crippen molar-refractivity contribution in [3.8, 4) is 5.69 Å². The molecule has 1 heterocycles. The molecule has 1 aromatic heterocycles. The van der Waals surface area contributed by atoms with Crippen LogP contribution in [0.15, 0.2) is 24.3 Å². The van der Waals surface area contributed by atoms with E-state index in [1.165, 1.54) is 12.8 Å². The standard InChI is InChI=1S/C21H27N5O2/c1-2-5-18-19(21(28)23-16-10-11-16)24-25-26(18)17-12-8-14(9-13-17)20(27)22-15-6-3-4-7-15/h8-9,12-13,15-16H,2-7,10-11H2,1H3,(H,22,27)(H,23,28). The number of hydrogen-bond acceptors (Lipinski definition) is 4. The Morgan fingerprint density at radius 1 is 1.00 bits per heavy atom. The largest absolute Gasteiger partial charge is 0.349 e. The average Bonchev–Trinajstić information content (AvgIpc) is 3.18. The number of nitrogens with zero attached hydrogens (tertiary/aromatic N) is 3. The van der Waals surface area contributed by atoms with Crippen molar-refractivity contribution in [2.45, 2.75) is 70.4 Å². The van der Waals surface area contributed by atoms with E-state index in [9.17, 15) is 9.59 Å². The van der Waals surface area contributed by atoms with E-state index in [4.69, 9.17) is 0 Å². The fraction of sp³-hybridized carbons (Fsp3) is 0.524. The number of hydrogen-bond donors (Lipinski definition) is 2. The van der Waals surface area contributed by atoms with Crippen LogP contribution in [0.25, 0.3) is 5.69 Å². The van der Waals surface area contributed by atoms with E-state index in [1.54, 1.807) is 16.8 Å². The first kappa shape index (κ1) is 18.7. The van der Waals surface area contributed by atoms with Crippen LogP contribution in [0.2, 0.25) is 0 Å². The predicted octanol–water partition coefficient (Wildman–Crippen LogP) is 2.78. The fourth-order valence-electron chi connectivity index (χ4n) is 3.72. The van der Waals surface area contributed by atoms with Gasteiger partial charge in [0.2, 0.25) is 0 Å². The van der Waals surface area contributed by atoms with E-state index < -0.39 is 0 Å². The first-order valence-electron chi connectivity index (χ1n) is 10.3. The van der Waals surface area contributed by atoms with Crippen LogP contribution in [-0.4, -0.2) is 38.9 Å². The minimum Gasteiger partial charge on any atom is -0.349 e. The summed E-state index contributed by atoms with van der Waals surface area (Å²) in [4.78, 5) is 24.9. The third kappa shape index (κ3) is 4.08. The monoisotopic (exact) mass is 381 g/mol. The number of benzene rings is 1.